The maximum Gasteiger partial charge on any atom is 0.121 e. The van der Waals surface area contributed by atoms with E-state index in [1.807, 2.05) is 17.4 Å². The van der Waals surface area contributed by atoms with Gasteiger partial charge in [0, 0.05) is 29.6 Å². The number of thiophene rings is 1. The van der Waals surface area contributed by atoms with E-state index >= 15 is 0 Å². The second-order valence-electron chi connectivity index (χ2n) is 4.79. The third-order valence-corrected chi connectivity index (χ3v) is 4.26. The maximum absolute atomic E-state index is 5.69. The van der Waals surface area contributed by atoms with Crippen molar-refractivity contribution in [2.24, 2.45) is 5.73 Å². The van der Waals surface area contributed by atoms with Gasteiger partial charge in [-0.1, -0.05) is 6.07 Å². The predicted octanol–water partition coefficient (Wildman–Crippen LogP) is 2.96. The molecule has 0 atom stereocenters. The number of furan rings is 1. The molecule has 2 aromatic heterocycles. The summed E-state index contributed by atoms with van der Waals surface area (Å²) in [6, 6.07) is 7.12. The zero-order valence-corrected chi connectivity index (χ0v) is 11.2. The van der Waals surface area contributed by atoms with Gasteiger partial charge in [-0.25, -0.2) is 0 Å². The number of hydrogen-bond acceptors (Lipinski definition) is 4. The molecule has 0 saturated heterocycles. The van der Waals surface area contributed by atoms with Gasteiger partial charge < -0.3 is 10.2 Å². The van der Waals surface area contributed by atoms with Gasteiger partial charge in [0.1, 0.15) is 5.76 Å². The fourth-order valence-corrected chi connectivity index (χ4v) is 2.99. The van der Waals surface area contributed by atoms with E-state index in [0.29, 0.717) is 6.54 Å². The number of hydrogen-bond donors (Lipinski definition) is 1. The molecule has 1 aliphatic rings. The van der Waals surface area contributed by atoms with Gasteiger partial charge in [-0.3, -0.25) is 4.90 Å². The summed E-state index contributed by atoms with van der Waals surface area (Å²) in [6.45, 7) is 2.48. The van der Waals surface area contributed by atoms with Gasteiger partial charge in [-0.15, -0.1) is 11.3 Å². The molecule has 1 saturated carbocycles. The fourth-order valence-electron chi connectivity index (χ4n) is 2.26. The summed E-state index contributed by atoms with van der Waals surface area (Å²) in [7, 11) is 0. The largest absolute Gasteiger partial charge is 0.468 e. The first kappa shape index (κ1) is 12.0. The lowest BCUT2D eigenvalue weighted by Gasteiger charge is -2.21. The first-order valence-electron chi connectivity index (χ1n) is 6.38. The summed E-state index contributed by atoms with van der Waals surface area (Å²) in [6.07, 6.45) is 4.39. The number of nitrogens with two attached hydrogens (primary N) is 1. The third kappa shape index (κ3) is 2.66. The zero-order valence-electron chi connectivity index (χ0n) is 10.3. The van der Waals surface area contributed by atoms with Gasteiger partial charge in [0.2, 0.25) is 0 Å². The van der Waals surface area contributed by atoms with Crippen LogP contribution in [-0.2, 0) is 19.6 Å². The molecule has 3 nitrogen and oxygen atoms in total. The Balaban J connectivity index is 1.70. The molecule has 0 bridgehead atoms. The smallest absolute Gasteiger partial charge is 0.121 e. The van der Waals surface area contributed by atoms with E-state index in [4.69, 9.17) is 10.2 Å². The molecule has 1 fully saturated rings. The van der Waals surface area contributed by atoms with Gasteiger partial charge in [0.15, 0.2) is 0 Å². The maximum atomic E-state index is 5.69. The molecule has 2 heterocycles. The Kier molecular flexibility index (Phi) is 3.50. The van der Waals surface area contributed by atoms with Gasteiger partial charge in [-0.2, -0.15) is 0 Å². The normalized spacial score (nSPS) is 15.4. The molecule has 0 radical (unpaired) electrons. The minimum atomic E-state index is 0.486. The summed E-state index contributed by atoms with van der Waals surface area (Å²) in [4.78, 5) is 3.97. The highest BCUT2D eigenvalue weighted by molar-refractivity contribution is 7.09. The minimum Gasteiger partial charge on any atom is -0.468 e. The van der Waals surface area contributed by atoms with Crippen molar-refractivity contribution in [3.8, 4) is 0 Å². The Morgan fingerprint density at radius 1 is 1.33 bits per heavy atom. The average molecular weight is 262 g/mol. The van der Waals surface area contributed by atoms with E-state index in [0.717, 1.165) is 24.9 Å². The van der Waals surface area contributed by atoms with Crippen LogP contribution >= 0.6 is 11.3 Å². The monoisotopic (exact) mass is 262 g/mol. The Morgan fingerprint density at radius 2 is 2.22 bits per heavy atom. The quantitative estimate of drug-likeness (QED) is 0.870. The van der Waals surface area contributed by atoms with Crippen molar-refractivity contribution in [3.05, 3.63) is 46.0 Å². The van der Waals surface area contributed by atoms with Crippen LogP contribution in [0, 0.1) is 0 Å². The summed E-state index contributed by atoms with van der Waals surface area (Å²) in [5, 5.41) is 2.14. The molecule has 18 heavy (non-hydrogen) atoms. The standard InChI is InChI=1S/C14H18N2OS/c15-8-14-11(5-6-17-14)9-16(12-3-4-12)10-13-2-1-7-18-13/h1-2,5-7,12H,3-4,8-10,15H2. The van der Waals surface area contributed by atoms with Crippen molar-refractivity contribution in [1.29, 1.82) is 0 Å². The first-order valence-corrected chi connectivity index (χ1v) is 7.26. The van der Waals surface area contributed by atoms with Crippen LogP contribution in [0.15, 0.2) is 34.3 Å². The van der Waals surface area contributed by atoms with Crippen LogP contribution in [0.25, 0.3) is 0 Å². The van der Waals surface area contributed by atoms with E-state index in [2.05, 4.69) is 22.4 Å². The minimum absolute atomic E-state index is 0.486. The van der Waals surface area contributed by atoms with E-state index in [-0.39, 0.29) is 0 Å². The second-order valence-corrected chi connectivity index (χ2v) is 5.82. The molecule has 0 aliphatic heterocycles. The van der Waals surface area contributed by atoms with Crippen LogP contribution in [0.3, 0.4) is 0 Å². The molecule has 96 valence electrons. The lowest BCUT2D eigenvalue weighted by molar-refractivity contribution is 0.246. The van der Waals surface area contributed by atoms with Gasteiger partial charge in [0.25, 0.3) is 0 Å². The van der Waals surface area contributed by atoms with Crippen LogP contribution in [0.5, 0.6) is 0 Å². The zero-order chi connectivity index (χ0) is 12.4. The van der Waals surface area contributed by atoms with Crippen molar-refractivity contribution >= 4 is 11.3 Å². The molecule has 2 aromatic rings. The van der Waals surface area contributed by atoms with Crippen LogP contribution < -0.4 is 5.73 Å². The van der Waals surface area contributed by atoms with Crippen molar-refractivity contribution in [3.63, 3.8) is 0 Å². The molecule has 0 spiro atoms. The summed E-state index contributed by atoms with van der Waals surface area (Å²) in [5.41, 5.74) is 6.93. The van der Waals surface area contributed by atoms with Gasteiger partial charge in [0.05, 0.1) is 12.8 Å². The molecule has 0 amide bonds. The highest BCUT2D eigenvalue weighted by Crippen LogP contribution is 2.31. The fraction of sp³-hybridized carbons (Fsp3) is 0.429. The highest BCUT2D eigenvalue weighted by Gasteiger charge is 2.29. The van der Waals surface area contributed by atoms with E-state index in [9.17, 15) is 0 Å². The van der Waals surface area contributed by atoms with Crippen molar-refractivity contribution in [2.45, 2.75) is 38.5 Å². The van der Waals surface area contributed by atoms with Crippen LogP contribution in [-0.4, -0.2) is 10.9 Å². The molecular formula is C14H18N2OS. The highest BCUT2D eigenvalue weighted by atomic mass is 32.1. The molecule has 4 heteroatoms. The Hall–Kier alpha value is -1.10. The Morgan fingerprint density at radius 3 is 2.89 bits per heavy atom. The van der Waals surface area contributed by atoms with Crippen LogP contribution in [0.1, 0.15) is 29.0 Å². The van der Waals surface area contributed by atoms with Gasteiger partial charge >= 0.3 is 0 Å². The molecular weight excluding hydrogens is 244 g/mol. The topological polar surface area (TPSA) is 42.4 Å². The molecule has 1 aliphatic carbocycles. The lowest BCUT2D eigenvalue weighted by Crippen LogP contribution is -2.25. The molecule has 2 N–H and O–H groups in total. The molecule has 0 unspecified atom stereocenters. The van der Waals surface area contributed by atoms with Crippen LogP contribution in [0.2, 0.25) is 0 Å². The first-order chi connectivity index (χ1) is 8.86. The molecule has 0 aromatic carbocycles. The summed E-state index contributed by atoms with van der Waals surface area (Å²) < 4.78 is 5.40. The number of nitrogens with zero attached hydrogens (tertiary/aromatic N) is 1. The predicted molar refractivity (Wildman–Crippen MR) is 73.2 cm³/mol. The average Bonchev–Trinajstić information content (AvgIpc) is 2.92. The van der Waals surface area contributed by atoms with Crippen molar-refractivity contribution in [1.82, 2.24) is 4.90 Å². The van der Waals surface area contributed by atoms with E-state index < -0.39 is 0 Å². The second kappa shape index (κ2) is 5.26. The van der Waals surface area contributed by atoms with E-state index in [1.165, 1.54) is 23.3 Å². The lowest BCUT2D eigenvalue weighted by atomic mass is 10.2. The van der Waals surface area contributed by atoms with Crippen molar-refractivity contribution < 1.29 is 4.42 Å². The Bertz CT molecular complexity index is 488. The molecule has 3 rings (SSSR count). The van der Waals surface area contributed by atoms with Crippen LogP contribution in [0.4, 0.5) is 0 Å². The summed E-state index contributed by atoms with van der Waals surface area (Å²) in [5.74, 6) is 0.923. The third-order valence-electron chi connectivity index (χ3n) is 3.40. The van der Waals surface area contributed by atoms with Crippen molar-refractivity contribution in [2.75, 3.05) is 0 Å². The summed E-state index contributed by atoms with van der Waals surface area (Å²) >= 11 is 1.83. The Labute approximate surface area is 111 Å². The van der Waals surface area contributed by atoms with Gasteiger partial charge in [-0.05, 0) is 30.4 Å². The number of rotatable bonds is 6. The SMILES string of the molecule is NCc1occc1CN(Cc1cccs1)C1CC1. The van der Waals surface area contributed by atoms with E-state index in [1.54, 1.807) is 6.26 Å².